The number of rotatable bonds is 6. The minimum absolute atomic E-state index is 0.467. The molecule has 0 atom stereocenters. The molecule has 3 rings (SSSR count). The van der Waals surface area contributed by atoms with Gasteiger partial charge in [-0.25, -0.2) is 0 Å². The van der Waals surface area contributed by atoms with Crippen LogP contribution in [-0.4, -0.2) is 17.3 Å². The third-order valence-corrected chi connectivity index (χ3v) is 3.53. The van der Waals surface area contributed by atoms with Crippen LogP contribution in [0.3, 0.4) is 0 Å². The van der Waals surface area contributed by atoms with E-state index in [0.717, 1.165) is 17.9 Å². The van der Waals surface area contributed by atoms with E-state index in [1.807, 2.05) is 24.3 Å². The number of nitrogens with zero attached hydrogens (tertiary/aromatic N) is 2. The third kappa shape index (κ3) is 3.76. The van der Waals surface area contributed by atoms with Gasteiger partial charge in [-0.05, 0) is 24.6 Å². The Balaban J connectivity index is 1.62. The number of benzene rings is 2. The van der Waals surface area contributed by atoms with Gasteiger partial charge in [0, 0.05) is 6.54 Å². The van der Waals surface area contributed by atoms with Crippen LogP contribution in [0.25, 0.3) is 11.5 Å². The zero-order valence-electron chi connectivity index (χ0n) is 13.2. The van der Waals surface area contributed by atoms with Crippen molar-refractivity contribution >= 4 is 0 Å². The molecule has 23 heavy (non-hydrogen) atoms. The van der Waals surface area contributed by atoms with Crippen molar-refractivity contribution in [2.24, 2.45) is 0 Å². The lowest BCUT2D eigenvalue weighted by Crippen LogP contribution is -2.12. The molecule has 3 aromatic rings. The normalized spacial score (nSPS) is 10.7. The van der Waals surface area contributed by atoms with Crippen LogP contribution in [0, 0.1) is 6.92 Å². The minimum atomic E-state index is 0.467. The van der Waals surface area contributed by atoms with Crippen LogP contribution in [0.1, 0.15) is 17.0 Å². The molecule has 0 saturated carbocycles. The fraction of sp³-hybridized carbons (Fsp3) is 0.222. The number of para-hydroxylation sites is 1. The van der Waals surface area contributed by atoms with Gasteiger partial charge in [0.1, 0.15) is 5.75 Å². The van der Waals surface area contributed by atoms with Gasteiger partial charge in [0.25, 0.3) is 5.89 Å². The molecular weight excluding hydrogens is 290 g/mol. The van der Waals surface area contributed by atoms with Crippen LogP contribution in [0.4, 0.5) is 0 Å². The molecule has 0 radical (unpaired) electrons. The van der Waals surface area contributed by atoms with Crippen molar-refractivity contribution in [1.82, 2.24) is 15.5 Å². The highest BCUT2D eigenvalue weighted by Gasteiger charge is 2.12. The van der Waals surface area contributed by atoms with Gasteiger partial charge in [-0.15, -0.1) is 10.2 Å². The second-order valence-electron chi connectivity index (χ2n) is 5.29. The molecule has 0 fully saturated rings. The lowest BCUT2D eigenvalue weighted by molar-refractivity contribution is 0.413. The maximum absolute atomic E-state index is 5.70. The first-order valence-corrected chi connectivity index (χ1v) is 7.48. The molecule has 0 unspecified atom stereocenters. The molecule has 0 aliphatic rings. The Morgan fingerprint density at radius 2 is 1.78 bits per heavy atom. The maximum Gasteiger partial charge on any atom is 0.251 e. The average molecular weight is 309 g/mol. The highest BCUT2D eigenvalue weighted by molar-refractivity contribution is 5.62. The molecule has 1 aromatic heterocycles. The molecular formula is C18H19N3O2. The molecule has 0 bridgehead atoms. The molecule has 1 N–H and O–H groups in total. The first kappa shape index (κ1) is 15.2. The van der Waals surface area contributed by atoms with Gasteiger partial charge in [-0.2, -0.15) is 0 Å². The van der Waals surface area contributed by atoms with E-state index in [4.69, 9.17) is 9.15 Å². The van der Waals surface area contributed by atoms with Gasteiger partial charge >= 0.3 is 0 Å². The van der Waals surface area contributed by atoms with Crippen LogP contribution in [0.15, 0.2) is 52.9 Å². The zero-order valence-corrected chi connectivity index (χ0v) is 13.2. The number of hydrogen-bond acceptors (Lipinski definition) is 5. The molecule has 0 saturated heterocycles. The Morgan fingerprint density at radius 3 is 2.57 bits per heavy atom. The molecule has 1 heterocycles. The maximum atomic E-state index is 5.70. The Morgan fingerprint density at radius 1 is 1.00 bits per heavy atom. The molecule has 5 heteroatoms. The summed E-state index contributed by atoms with van der Waals surface area (Å²) in [6, 6.07) is 16.0. The fourth-order valence-corrected chi connectivity index (χ4v) is 2.27. The van der Waals surface area contributed by atoms with E-state index in [2.05, 4.69) is 46.7 Å². The monoisotopic (exact) mass is 309 g/mol. The largest absolute Gasteiger partial charge is 0.496 e. The Hall–Kier alpha value is -2.66. The number of ether oxygens (including phenoxy) is 1. The molecule has 0 aliphatic carbocycles. The van der Waals surface area contributed by atoms with Gasteiger partial charge in [-0.1, -0.05) is 42.0 Å². The molecule has 0 spiro atoms. The van der Waals surface area contributed by atoms with Crippen LogP contribution < -0.4 is 10.1 Å². The second kappa shape index (κ2) is 7.07. The Kier molecular flexibility index (Phi) is 4.68. The van der Waals surface area contributed by atoms with Crippen molar-refractivity contribution in [3.05, 3.63) is 65.5 Å². The summed E-state index contributed by atoms with van der Waals surface area (Å²) in [4.78, 5) is 0. The summed E-state index contributed by atoms with van der Waals surface area (Å²) in [5.74, 6) is 1.74. The first-order chi connectivity index (χ1) is 11.3. The van der Waals surface area contributed by atoms with Crippen molar-refractivity contribution in [2.45, 2.75) is 20.0 Å². The first-order valence-electron chi connectivity index (χ1n) is 7.48. The summed E-state index contributed by atoms with van der Waals surface area (Å²) in [5, 5.41) is 11.5. The summed E-state index contributed by atoms with van der Waals surface area (Å²) in [5.41, 5.74) is 3.28. The lowest BCUT2D eigenvalue weighted by atomic mass is 10.1. The topological polar surface area (TPSA) is 60.2 Å². The van der Waals surface area contributed by atoms with E-state index in [-0.39, 0.29) is 0 Å². The Bertz CT molecular complexity index is 766. The quantitative estimate of drug-likeness (QED) is 0.756. The number of methoxy groups -OCH3 is 1. The van der Waals surface area contributed by atoms with Crippen LogP contribution in [-0.2, 0) is 13.1 Å². The highest BCUT2D eigenvalue weighted by Crippen LogP contribution is 2.28. The fourth-order valence-electron chi connectivity index (χ4n) is 2.27. The molecule has 5 nitrogen and oxygen atoms in total. The van der Waals surface area contributed by atoms with Crippen molar-refractivity contribution in [2.75, 3.05) is 7.11 Å². The van der Waals surface area contributed by atoms with E-state index in [9.17, 15) is 0 Å². The third-order valence-electron chi connectivity index (χ3n) is 3.53. The van der Waals surface area contributed by atoms with Gasteiger partial charge in [0.2, 0.25) is 5.89 Å². The summed E-state index contributed by atoms with van der Waals surface area (Å²) in [7, 11) is 1.62. The van der Waals surface area contributed by atoms with E-state index in [0.29, 0.717) is 18.3 Å². The predicted molar refractivity (Wildman–Crippen MR) is 88.0 cm³/mol. The summed E-state index contributed by atoms with van der Waals surface area (Å²) in [6.45, 7) is 3.36. The number of hydrogen-bond donors (Lipinski definition) is 1. The lowest BCUT2D eigenvalue weighted by Gasteiger charge is -2.04. The van der Waals surface area contributed by atoms with Crippen molar-refractivity contribution in [3.8, 4) is 17.2 Å². The van der Waals surface area contributed by atoms with E-state index >= 15 is 0 Å². The van der Waals surface area contributed by atoms with Crippen LogP contribution >= 0.6 is 0 Å². The van der Waals surface area contributed by atoms with E-state index in [1.54, 1.807) is 7.11 Å². The van der Waals surface area contributed by atoms with Crippen molar-refractivity contribution in [1.29, 1.82) is 0 Å². The van der Waals surface area contributed by atoms with Crippen molar-refractivity contribution in [3.63, 3.8) is 0 Å². The van der Waals surface area contributed by atoms with Gasteiger partial charge in [0.05, 0.1) is 19.2 Å². The molecule has 2 aromatic carbocycles. The summed E-state index contributed by atoms with van der Waals surface area (Å²) < 4.78 is 11.0. The summed E-state index contributed by atoms with van der Waals surface area (Å²) >= 11 is 0. The SMILES string of the molecule is COc1ccccc1-c1nnc(CNCc2ccc(C)cc2)o1. The van der Waals surface area contributed by atoms with Gasteiger partial charge in [0.15, 0.2) is 0 Å². The molecule has 118 valence electrons. The summed E-state index contributed by atoms with van der Waals surface area (Å²) in [6.07, 6.45) is 0. The minimum Gasteiger partial charge on any atom is -0.496 e. The second-order valence-corrected chi connectivity index (χ2v) is 5.29. The predicted octanol–water partition coefficient (Wildman–Crippen LogP) is 3.34. The smallest absolute Gasteiger partial charge is 0.251 e. The van der Waals surface area contributed by atoms with Crippen LogP contribution in [0.2, 0.25) is 0 Å². The average Bonchev–Trinajstić information content (AvgIpc) is 3.05. The number of aryl methyl sites for hydroxylation is 1. The highest BCUT2D eigenvalue weighted by atomic mass is 16.5. The Labute approximate surface area is 135 Å². The van der Waals surface area contributed by atoms with Gasteiger partial charge < -0.3 is 14.5 Å². The van der Waals surface area contributed by atoms with E-state index < -0.39 is 0 Å². The molecule has 0 amide bonds. The van der Waals surface area contributed by atoms with Crippen LogP contribution in [0.5, 0.6) is 5.75 Å². The number of nitrogens with one attached hydrogen (secondary N) is 1. The van der Waals surface area contributed by atoms with Crippen molar-refractivity contribution < 1.29 is 9.15 Å². The molecule has 0 aliphatic heterocycles. The standard InChI is InChI=1S/C18H19N3O2/c1-13-7-9-14(10-8-13)11-19-12-17-20-21-18(23-17)15-5-3-4-6-16(15)22-2/h3-10,19H,11-12H2,1-2H3. The van der Waals surface area contributed by atoms with Gasteiger partial charge in [-0.3, -0.25) is 0 Å². The zero-order chi connectivity index (χ0) is 16.1. The number of aromatic nitrogens is 2. The van der Waals surface area contributed by atoms with E-state index in [1.165, 1.54) is 11.1 Å².